The largest absolute Gasteiger partial charge is 0.488 e. The molecule has 6 nitrogen and oxygen atoms in total. The maximum Gasteiger partial charge on any atom is 0.422 e. The summed E-state index contributed by atoms with van der Waals surface area (Å²) in [6, 6.07) is 12.8. The first-order valence-corrected chi connectivity index (χ1v) is 11.4. The lowest BCUT2D eigenvalue weighted by Gasteiger charge is -2.21. The van der Waals surface area contributed by atoms with Crippen LogP contribution in [0.1, 0.15) is 30.0 Å². The average molecular weight is 478 g/mol. The van der Waals surface area contributed by atoms with Gasteiger partial charge in [0.1, 0.15) is 12.7 Å². The predicted octanol–water partition coefficient (Wildman–Crippen LogP) is 3.84. The molecular weight excluding hydrogens is 447 g/mol. The Morgan fingerprint density at radius 1 is 1.21 bits per heavy atom. The highest BCUT2D eigenvalue weighted by atomic mass is 19.4. The summed E-state index contributed by atoms with van der Waals surface area (Å²) < 4.78 is 47.8. The molecule has 1 aliphatic heterocycles. The zero-order valence-corrected chi connectivity index (χ0v) is 19.2. The first kappa shape index (κ1) is 25.7. The van der Waals surface area contributed by atoms with Crippen molar-refractivity contribution >= 4 is 5.69 Å². The lowest BCUT2D eigenvalue weighted by atomic mass is 9.99. The Kier molecular flexibility index (Phi) is 9.02. The van der Waals surface area contributed by atoms with Gasteiger partial charge in [0, 0.05) is 32.3 Å². The molecule has 0 saturated heterocycles. The van der Waals surface area contributed by atoms with Gasteiger partial charge in [0.15, 0.2) is 18.1 Å². The molecule has 2 aromatic carbocycles. The second-order valence-electron chi connectivity index (χ2n) is 8.34. The van der Waals surface area contributed by atoms with E-state index >= 15 is 0 Å². The van der Waals surface area contributed by atoms with Crippen molar-refractivity contribution in [1.82, 2.24) is 5.32 Å². The van der Waals surface area contributed by atoms with Gasteiger partial charge in [-0.1, -0.05) is 18.2 Å². The molecule has 0 amide bonds. The minimum atomic E-state index is -4.41. The molecule has 3 rings (SSSR count). The Labute approximate surface area is 197 Å². The van der Waals surface area contributed by atoms with Crippen LogP contribution in [0.25, 0.3) is 0 Å². The molecule has 34 heavy (non-hydrogen) atoms. The van der Waals surface area contributed by atoms with Crippen molar-refractivity contribution in [2.45, 2.75) is 38.4 Å². The van der Waals surface area contributed by atoms with E-state index in [-0.39, 0.29) is 30.8 Å². The van der Waals surface area contributed by atoms with Crippen LogP contribution < -0.4 is 19.7 Å². The Bertz CT molecular complexity index is 992. The van der Waals surface area contributed by atoms with E-state index in [0.29, 0.717) is 18.5 Å². The number of nitriles is 1. The Morgan fingerprint density at radius 3 is 2.62 bits per heavy atom. The molecule has 184 valence electrons. The topological polar surface area (TPSA) is 77.8 Å². The summed E-state index contributed by atoms with van der Waals surface area (Å²) in [5.74, 6) is 0.326. The number of alkyl halides is 3. The van der Waals surface area contributed by atoms with Crippen molar-refractivity contribution in [3.8, 4) is 17.6 Å². The van der Waals surface area contributed by atoms with Crippen molar-refractivity contribution < 1.29 is 27.8 Å². The summed E-state index contributed by atoms with van der Waals surface area (Å²) in [7, 11) is 0. The van der Waals surface area contributed by atoms with Crippen LogP contribution in [0.4, 0.5) is 18.9 Å². The third-order valence-electron chi connectivity index (χ3n) is 5.56. The van der Waals surface area contributed by atoms with Crippen molar-refractivity contribution in [1.29, 1.82) is 5.26 Å². The molecule has 1 aliphatic rings. The van der Waals surface area contributed by atoms with Gasteiger partial charge in [0.2, 0.25) is 0 Å². The third-order valence-corrected chi connectivity index (χ3v) is 5.56. The quantitative estimate of drug-likeness (QED) is 0.453. The third kappa shape index (κ3) is 7.27. The van der Waals surface area contributed by atoms with Crippen LogP contribution in [0.3, 0.4) is 0 Å². The molecule has 0 fully saturated rings. The fourth-order valence-corrected chi connectivity index (χ4v) is 4.12. The number of rotatable bonds is 12. The van der Waals surface area contributed by atoms with Gasteiger partial charge in [-0.25, -0.2) is 0 Å². The molecule has 0 radical (unpaired) electrons. The molecule has 0 unspecified atom stereocenters. The Balaban J connectivity index is 1.50. The van der Waals surface area contributed by atoms with Gasteiger partial charge in [-0.15, -0.1) is 0 Å². The molecule has 1 heterocycles. The van der Waals surface area contributed by atoms with E-state index in [9.17, 15) is 18.4 Å². The maximum absolute atomic E-state index is 12.4. The molecule has 0 aliphatic carbocycles. The van der Waals surface area contributed by atoms with Crippen molar-refractivity contribution in [3.63, 3.8) is 0 Å². The molecule has 0 aromatic heterocycles. The number of fused-ring (bicyclic) bond motifs is 1. The summed E-state index contributed by atoms with van der Waals surface area (Å²) in [6.45, 7) is 3.15. The predicted molar refractivity (Wildman–Crippen MR) is 123 cm³/mol. The summed E-state index contributed by atoms with van der Waals surface area (Å²) in [5, 5.41) is 22.1. The van der Waals surface area contributed by atoms with Crippen LogP contribution in [-0.4, -0.2) is 56.8 Å². The molecule has 0 bridgehead atoms. The SMILES string of the molecule is C[C@@H](Cc1cc(C#N)c2c(c1)CCN2CCCO)NCCOc1ccccc1OCC(F)(F)F. The standard InChI is InChI=1S/C25H30F3N3O3/c1-18(30-8-12-33-22-5-2-3-6-23(22)34-17-25(26,27)28)13-19-14-20-7-10-31(9-4-11-32)24(20)21(15-19)16-29/h2-3,5-6,14-15,18,30,32H,4,7-13,17H2,1H3/t18-/m0/s1. The second kappa shape index (κ2) is 12.0. The first-order valence-electron chi connectivity index (χ1n) is 11.4. The number of nitrogens with one attached hydrogen (secondary N) is 1. The van der Waals surface area contributed by atoms with Crippen LogP contribution in [0.5, 0.6) is 11.5 Å². The molecule has 0 spiro atoms. The monoisotopic (exact) mass is 477 g/mol. The number of aliphatic hydroxyl groups is 1. The van der Waals surface area contributed by atoms with E-state index in [1.807, 2.05) is 13.0 Å². The number of benzene rings is 2. The summed E-state index contributed by atoms with van der Waals surface area (Å²) in [4.78, 5) is 2.17. The van der Waals surface area contributed by atoms with Gasteiger partial charge in [-0.3, -0.25) is 0 Å². The highest BCUT2D eigenvalue weighted by Crippen LogP contribution is 2.33. The zero-order chi connectivity index (χ0) is 24.6. The van der Waals surface area contributed by atoms with Crippen molar-refractivity contribution in [2.24, 2.45) is 0 Å². The highest BCUT2D eigenvalue weighted by molar-refractivity contribution is 5.68. The number of aliphatic hydroxyl groups excluding tert-OH is 1. The van der Waals surface area contributed by atoms with E-state index < -0.39 is 12.8 Å². The average Bonchev–Trinajstić information content (AvgIpc) is 3.21. The zero-order valence-electron chi connectivity index (χ0n) is 19.2. The minimum absolute atomic E-state index is 0.0584. The molecule has 2 aromatic rings. The summed E-state index contributed by atoms with van der Waals surface area (Å²) >= 11 is 0. The van der Waals surface area contributed by atoms with Gasteiger partial charge in [-0.2, -0.15) is 18.4 Å². The van der Waals surface area contributed by atoms with Gasteiger partial charge in [-0.05, 0) is 55.5 Å². The number of anilines is 1. The van der Waals surface area contributed by atoms with E-state index in [2.05, 4.69) is 22.4 Å². The first-order chi connectivity index (χ1) is 16.3. The van der Waals surface area contributed by atoms with Crippen LogP contribution >= 0.6 is 0 Å². The van der Waals surface area contributed by atoms with Crippen molar-refractivity contribution in [2.75, 3.05) is 44.4 Å². The molecule has 0 saturated carbocycles. The second-order valence-corrected chi connectivity index (χ2v) is 8.34. The summed E-state index contributed by atoms with van der Waals surface area (Å²) in [5.41, 5.74) is 3.89. The Morgan fingerprint density at radius 2 is 1.94 bits per heavy atom. The van der Waals surface area contributed by atoms with Gasteiger partial charge >= 0.3 is 6.18 Å². The molecule has 1 atom stereocenters. The van der Waals surface area contributed by atoms with E-state index in [1.165, 1.54) is 6.07 Å². The molecule has 2 N–H and O–H groups in total. The number of hydrogen-bond acceptors (Lipinski definition) is 6. The lowest BCUT2D eigenvalue weighted by molar-refractivity contribution is -0.153. The molecular formula is C25H30F3N3O3. The Hall–Kier alpha value is -2.96. The maximum atomic E-state index is 12.4. The van der Waals surface area contributed by atoms with Gasteiger partial charge in [0.05, 0.1) is 11.3 Å². The normalized spacial score (nSPS) is 13.9. The molecule has 9 heteroatoms. The number of halogens is 3. The lowest BCUT2D eigenvalue weighted by Crippen LogP contribution is -2.32. The number of hydrogen-bond donors (Lipinski definition) is 2. The number of ether oxygens (including phenoxy) is 2. The van der Waals surface area contributed by atoms with Gasteiger partial charge in [0.25, 0.3) is 0 Å². The number of nitrogens with zero attached hydrogens (tertiary/aromatic N) is 2. The van der Waals surface area contributed by atoms with Crippen LogP contribution in [0, 0.1) is 11.3 Å². The highest BCUT2D eigenvalue weighted by Gasteiger charge is 2.29. The minimum Gasteiger partial charge on any atom is -0.488 e. The fraction of sp³-hybridized carbons (Fsp3) is 0.480. The van der Waals surface area contributed by atoms with Crippen molar-refractivity contribution in [3.05, 3.63) is 53.1 Å². The smallest absolute Gasteiger partial charge is 0.422 e. The fourth-order valence-electron chi connectivity index (χ4n) is 4.12. The number of para-hydroxylation sites is 2. The summed E-state index contributed by atoms with van der Waals surface area (Å²) in [6.07, 6.45) is -2.13. The van der Waals surface area contributed by atoms with E-state index in [4.69, 9.17) is 14.6 Å². The van der Waals surface area contributed by atoms with Crippen LogP contribution in [0.2, 0.25) is 0 Å². The van der Waals surface area contributed by atoms with Crippen LogP contribution in [-0.2, 0) is 12.8 Å². The van der Waals surface area contributed by atoms with E-state index in [0.717, 1.165) is 42.7 Å². The van der Waals surface area contributed by atoms with E-state index in [1.54, 1.807) is 18.2 Å². The van der Waals surface area contributed by atoms with Gasteiger partial charge < -0.3 is 24.8 Å². The van der Waals surface area contributed by atoms with Crippen LogP contribution in [0.15, 0.2) is 36.4 Å².